The molecule has 152 valence electrons. The molecule has 0 bridgehead atoms. The van der Waals surface area contributed by atoms with Crippen LogP contribution in [0, 0.1) is 11.3 Å². The molecule has 3 aliphatic rings. The third-order valence-electron chi connectivity index (χ3n) is 6.94. The summed E-state index contributed by atoms with van der Waals surface area (Å²) in [4.78, 5) is 27.7. The monoisotopic (exact) mass is 385 g/mol. The van der Waals surface area contributed by atoms with Crippen LogP contribution < -0.4 is 10.6 Å². The van der Waals surface area contributed by atoms with Gasteiger partial charge in [0.25, 0.3) is 5.91 Å². The number of nitrogens with one attached hydrogen (secondary N) is 2. The fourth-order valence-corrected chi connectivity index (χ4v) is 5.08. The van der Waals surface area contributed by atoms with E-state index >= 15 is 0 Å². The first-order chi connectivity index (χ1) is 13.6. The van der Waals surface area contributed by atoms with Gasteiger partial charge in [0.05, 0.1) is 5.41 Å². The lowest BCUT2D eigenvalue weighted by molar-refractivity contribution is -0.128. The van der Waals surface area contributed by atoms with Crippen LogP contribution in [0.25, 0.3) is 0 Å². The van der Waals surface area contributed by atoms with Crippen molar-refractivity contribution in [3.8, 4) is 0 Å². The molecular weight excluding hydrogens is 354 g/mol. The number of carbonyl (C=O) groups excluding carboxylic acids is 2. The number of nitrogens with zero attached hydrogens (tertiary/aromatic N) is 1. The molecule has 28 heavy (non-hydrogen) atoms. The van der Waals surface area contributed by atoms with Crippen molar-refractivity contribution in [1.29, 1.82) is 0 Å². The Morgan fingerprint density at radius 3 is 2.64 bits per heavy atom. The summed E-state index contributed by atoms with van der Waals surface area (Å²) in [5.41, 5.74) is 1.15. The zero-order valence-corrected chi connectivity index (χ0v) is 16.7. The number of anilines is 1. The predicted molar refractivity (Wildman–Crippen MR) is 108 cm³/mol. The van der Waals surface area contributed by atoms with E-state index in [4.69, 9.17) is 4.74 Å². The molecule has 1 aromatic rings. The molecule has 2 saturated heterocycles. The highest BCUT2D eigenvalue weighted by Crippen LogP contribution is 2.44. The fraction of sp³-hybridized carbons (Fsp3) is 0.636. The molecule has 2 heterocycles. The largest absolute Gasteiger partial charge is 0.381 e. The number of ether oxygens (including phenoxy) is 1. The minimum absolute atomic E-state index is 0.0238. The van der Waals surface area contributed by atoms with Gasteiger partial charge in [-0.15, -0.1) is 0 Å². The van der Waals surface area contributed by atoms with Crippen LogP contribution in [0.1, 0.15) is 48.9 Å². The SMILES string of the molecule is CN(C(=O)c1ccc(NC(=O)[C@@]23CCCC[C@H]2CNC3)cc1)C1CCOCC1. The molecule has 3 fully saturated rings. The van der Waals surface area contributed by atoms with Gasteiger partial charge < -0.3 is 20.3 Å². The van der Waals surface area contributed by atoms with E-state index < -0.39 is 0 Å². The number of fused-ring (bicyclic) bond motifs is 1. The molecule has 4 rings (SSSR count). The molecule has 2 aliphatic heterocycles. The summed E-state index contributed by atoms with van der Waals surface area (Å²) < 4.78 is 5.38. The minimum Gasteiger partial charge on any atom is -0.381 e. The van der Waals surface area contributed by atoms with Gasteiger partial charge in [0.2, 0.25) is 5.91 Å². The molecule has 0 radical (unpaired) electrons. The Kier molecular flexibility index (Phi) is 5.69. The molecule has 1 saturated carbocycles. The molecule has 2 N–H and O–H groups in total. The highest BCUT2D eigenvalue weighted by atomic mass is 16.5. The van der Waals surface area contributed by atoms with Crippen LogP contribution in [0.3, 0.4) is 0 Å². The summed E-state index contributed by atoms with van der Waals surface area (Å²) in [5.74, 6) is 0.589. The second-order valence-corrected chi connectivity index (χ2v) is 8.52. The first kappa shape index (κ1) is 19.4. The van der Waals surface area contributed by atoms with Gasteiger partial charge in [-0.25, -0.2) is 0 Å². The summed E-state index contributed by atoms with van der Waals surface area (Å²) in [6, 6.07) is 7.56. The number of amides is 2. The van der Waals surface area contributed by atoms with Gasteiger partial charge >= 0.3 is 0 Å². The van der Waals surface area contributed by atoms with E-state index in [9.17, 15) is 9.59 Å². The fourth-order valence-electron chi connectivity index (χ4n) is 5.08. The molecule has 0 aromatic heterocycles. The summed E-state index contributed by atoms with van der Waals surface area (Å²) in [5, 5.41) is 6.53. The van der Waals surface area contributed by atoms with Gasteiger partial charge in [0.15, 0.2) is 0 Å². The third-order valence-corrected chi connectivity index (χ3v) is 6.94. The van der Waals surface area contributed by atoms with Crippen molar-refractivity contribution in [1.82, 2.24) is 10.2 Å². The molecule has 1 aliphatic carbocycles. The Labute approximate surface area is 167 Å². The summed E-state index contributed by atoms with van der Waals surface area (Å²) in [6.07, 6.45) is 6.20. The van der Waals surface area contributed by atoms with E-state index in [0.717, 1.165) is 50.9 Å². The highest BCUT2D eigenvalue weighted by Gasteiger charge is 2.49. The van der Waals surface area contributed by atoms with Crippen molar-refractivity contribution >= 4 is 17.5 Å². The van der Waals surface area contributed by atoms with Gasteiger partial charge in [0.1, 0.15) is 0 Å². The molecule has 0 spiro atoms. The maximum absolute atomic E-state index is 13.1. The van der Waals surface area contributed by atoms with Crippen molar-refractivity contribution < 1.29 is 14.3 Å². The normalized spacial score (nSPS) is 27.8. The van der Waals surface area contributed by atoms with E-state index in [1.807, 2.05) is 36.2 Å². The zero-order valence-electron chi connectivity index (χ0n) is 16.7. The Morgan fingerprint density at radius 1 is 1.14 bits per heavy atom. The molecular formula is C22H31N3O3. The van der Waals surface area contributed by atoms with Gasteiger partial charge in [-0.1, -0.05) is 12.8 Å². The number of hydrogen-bond donors (Lipinski definition) is 2. The highest BCUT2D eigenvalue weighted by molar-refractivity contribution is 5.98. The Morgan fingerprint density at radius 2 is 1.89 bits per heavy atom. The van der Waals surface area contributed by atoms with Gasteiger partial charge in [0, 0.05) is 44.1 Å². The average molecular weight is 386 g/mol. The smallest absolute Gasteiger partial charge is 0.253 e. The molecule has 1 aromatic carbocycles. The molecule has 2 amide bonds. The van der Waals surface area contributed by atoms with Crippen molar-refractivity contribution in [2.75, 3.05) is 38.7 Å². The topological polar surface area (TPSA) is 70.7 Å². The second-order valence-electron chi connectivity index (χ2n) is 8.52. The van der Waals surface area contributed by atoms with Gasteiger partial charge in [-0.2, -0.15) is 0 Å². The van der Waals surface area contributed by atoms with E-state index in [0.29, 0.717) is 24.7 Å². The number of rotatable bonds is 4. The summed E-state index contributed by atoms with van der Waals surface area (Å²) in [7, 11) is 1.86. The Hall–Kier alpha value is -1.92. The quantitative estimate of drug-likeness (QED) is 0.836. The van der Waals surface area contributed by atoms with Crippen LogP contribution in [0.15, 0.2) is 24.3 Å². The first-order valence-electron chi connectivity index (χ1n) is 10.6. The van der Waals surface area contributed by atoms with E-state index in [1.165, 1.54) is 6.42 Å². The van der Waals surface area contributed by atoms with E-state index in [2.05, 4.69) is 10.6 Å². The van der Waals surface area contributed by atoms with Crippen molar-refractivity contribution in [3.63, 3.8) is 0 Å². The maximum atomic E-state index is 13.1. The maximum Gasteiger partial charge on any atom is 0.253 e. The van der Waals surface area contributed by atoms with E-state index in [-0.39, 0.29) is 23.3 Å². The number of hydrogen-bond acceptors (Lipinski definition) is 4. The Bertz CT molecular complexity index is 714. The molecule has 6 nitrogen and oxygen atoms in total. The average Bonchev–Trinajstić information content (AvgIpc) is 3.19. The predicted octanol–water partition coefficient (Wildman–Crippen LogP) is 2.66. The lowest BCUT2D eigenvalue weighted by atomic mass is 9.67. The van der Waals surface area contributed by atoms with Crippen molar-refractivity contribution in [2.24, 2.45) is 11.3 Å². The van der Waals surface area contributed by atoms with Gasteiger partial charge in [-0.05, 0) is 62.4 Å². The van der Waals surface area contributed by atoms with Gasteiger partial charge in [-0.3, -0.25) is 9.59 Å². The number of benzene rings is 1. The van der Waals surface area contributed by atoms with Crippen LogP contribution in [0.2, 0.25) is 0 Å². The summed E-state index contributed by atoms with van der Waals surface area (Å²) >= 11 is 0. The number of carbonyl (C=O) groups is 2. The summed E-state index contributed by atoms with van der Waals surface area (Å²) in [6.45, 7) is 3.14. The van der Waals surface area contributed by atoms with Crippen LogP contribution in [-0.2, 0) is 9.53 Å². The lowest BCUT2D eigenvalue weighted by Gasteiger charge is -2.37. The zero-order chi connectivity index (χ0) is 19.6. The van der Waals surface area contributed by atoms with E-state index in [1.54, 1.807) is 0 Å². The standard InChI is InChI=1S/C22H31N3O3/c1-25(19-9-12-28-13-10-19)20(26)16-5-7-18(8-6-16)24-21(27)22-11-3-2-4-17(22)14-23-15-22/h5-8,17,19,23H,2-4,9-15H2,1H3,(H,24,27)/t17-,22+/m0/s1. The van der Waals surface area contributed by atoms with Crippen LogP contribution in [0.5, 0.6) is 0 Å². The molecule has 6 heteroatoms. The molecule has 0 unspecified atom stereocenters. The second kappa shape index (κ2) is 8.21. The minimum atomic E-state index is -0.268. The van der Waals surface area contributed by atoms with Crippen LogP contribution in [0.4, 0.5) is 5.69 Å². The van der Waals surface area contributed by atoms with Crippen LogP contribution >= 0.6 is 0 Å². The third kappa shape index (κ3) is 3.67. The van der Waals surface area contributed by atoms with Crippen molar-refractivity contribution in [3.05, 3.63) is 29.8 Å². The first-order valence-corrected chi connectivity index (χ1v) is 10.6. The van der Waals surface area contributed by atoms with Crippen molar-refractivity contribution in [2.45, 2.75) is 44.6 Å². The lowest BCUT2D eigenvalue weighted by Crippen LogP contribution is -2.44. The Balaban J connectivity index is 1.40. The molecule has 2 atom stereocenters. The van der Waals surface area contributed by atoms with Crippen LogP contribution in [-0.4, -0.2) is 56.1 Å².